The number of H-pyrrole nitrogens is 1. The number of pyridine rings is 1. The molecule has 2 N–H and O–H groups in total. The van der Waals surface area contributed by atoms with E-state index in [0.29, 0.717) is 38.6 Å². The Morgan fingerprint density at radius 3 is 2.44 bits per heavy atom. The minimum Gasteiger partial charge on any atom is -0.495 e. The summed E-state index contributed by atoms with van der Waals surface area (Å²) in [5.74, 6) is 1.00. The second kappa shape index (κ2) is 8.98. The second-order valence-electron chi connectivity index (χ2n) is 7.29. The number of hydrogen-bond acceptors (Lipinski definition) is 7. The molecule has 0 saturated heterocycles. The summed E-state index contributed by atoms with van der Waals surface area (Å²) in [5.41, 5.74) is 5.09. The first kappa shape index (κ1) is 21.6. The lowest BCUT2D eigenvalue weighted by Gasteiger charge is -2.15. The summed E-state index contributed by atoms with van der Waals surface area (Å²) in [6.45, 7) is 0. The fourth-order valence-corrected chi connectivity index (χ4v) is 4.11. The van der Waals surface area contributed by atoms with Crippen molar-refractivity contribution in [1.29, 1.82) is 5.26 Å². The van der Waals surface area contributed by atoms with Gasteiger partial charge in [0.1, 0.15) is 11.8 Å². The molecule has 8 nitrogen and oxygen atoms in total. The van der Waals surface area contributed by atoms with Gasteiger partial charge < -0.3 is 10.1 Å². The molecule has 0 radical (unpaired) electrons. The lowest BCUT2D eigenvalue weighted by Crippen LogP contribution is -1.98. The second-order valence-corrected chi connectivity index (χ2v) is 8.11. The third-order valence-electron chi connectivity index (χ3n) is 5.31. The molecule has 0 unspecified atom stereocenters. The lowest BCUT2D eigenvalue weighted by atomic mass is 10.0. The molecule has 166 valence electrons. The first-order valence-electron chi connectivity index (χ1n) is 10.0. The molecule has 0 aliphatic heterocycles. The SMILES string of the molecule is COc1cc(Nc2c(C#N)cnc3cc(-c4ccc(-c5nn[nH]n5)cc4)ccc23)c(Cl)cc1Cl. The third kappa shape index (κ3) is 3.99. The van der Waals surface area contributed by atoms with Gasteiger partial charge in [0.15, 0.2) is 0 Å². The highest BCUT2D eigenvalue weighted by atomic mass is 35.5. The van der Waals surface area contributed by atoms with Gasteiger partial charge in [-0.15, -0.1) is 10.2 Å². The number of hydrogen-bond donors (Lipinski definition) is 2. The van der Waals surface area contributed by atoms with Crippen LogP contribution in [0.3, 0.4) is 0 Å². The van der Waals surface area contributed by atoms with E-state index >= 15 is 0 Å². The number of nitrogens with one attached hydrogen (secondary N) is 2. The fraction of sp³-hybridized carbons (Fsp3) is 0.0417. The molecule has 5 aromatic rings. The van der Waals surface area contributed by atoms with Gasteiger partial charge in [0.05, 0.1) is 39.6 Å². The first-order valence-corrected chi connectivity index (χ1v) is 10.8. The number of nitrogens with zero attached hydrogens (tertiary/aromatic N) is 5. The summed E-state index contributed by atoms with van der Waals surface area (Å²) in [4.78, 5) is 4.50. The quantitative estimate of drug-likeness (QED) is 0.311. The number of methoxy groups -OCH3 is 1. The Morgan fingerprint density at radius 1 is 0.971 bits per heavy atom. The van der Waals surface area contributed by atoms with E-state index in [1.54, 1.807) is 12.1 Å². The van der Waals surface area contributed by atoms with Crippen LogP contribution >= 0.6 is 23.2 Å². The standard InChI is InChI=1S/C24H15Cl2N7O/c1-34-22-10-21(18(25)9-19(22)26)29-23-16(11-27)12-28-20-8-15(6-7-17(20)23)13-2-4-14(5-3-13)24-30-32-33-31-24/h2-10,12H,1H3,(H,28,29)(H,30,31,32,33). The highest BCUT2D eigenvalue weighted by molar-refractivity contribution is 6.37. The molecular formula is C24H15Cl2N7O. The van der Waals surface area contributed by atoms with Crippen LogP contribution in [0.15, 0.2) is 60.8 Å². The number of tetrazole rings is 1. The summed E-state index contributed by atoms with van der Waals surface area (Å²) < 4.78 is 5.30. The van der Waals surface area contributed by atoms with E-state index in [1.165, 1.54) is 13.3 Å². The number of aromatic amines is 1. The van der Waals surface area contributed by atoms with Crippen molar-refractivity contribution < 1.29 is 4.74 Å². The van der Waals surface area contributed by atoms with E-state index in [4.69, 9.17) is 27.9 Å². The third-order valence-corrected chi connectivity index (χ3v) is 5.92. The van der Waals surface area contributed by atoms with Crippen LogP contribution in [0.25, 0.3) is 33.4 Å². The van der Waals surface area contributed by atoms with E-state index < -0.39 is 0 Å². The fourth-order valence-electron chi connectivity index (χ4n) is 3.60. The molecule has 2 aromatic heterocycles. The molecule has 0 aliphatic rings. The van der Waals surface area contributed by atoms with Gasteiger partial charge in [0.2, 0.25) is 5.82 Å². The molecule has 10 heteroatoms. The highest BCUT2D eigenvalue weighted by Crippen LogP contribution is 2.38. The summed E-state index contributed by atoms with van der Waals surface area (Å²) >= 11 is 12.6. The van der Waals surface area contributed by atoms with Crippen molar-refractivity contribution in [3.8, 4) is 34.3 Å². The van der Waals surface area contributed by atoms with Crippen molar-refractivity contribution in [3.63, 3.8) is 0 Å². The van der Waals surface area contributed by atoms with Gasteiger partial charge in [-0.2, -0.15) is 10.5 Å². The van der Waals surface area contributed by atoms with E-state index in [-0.39, 0.29) is 0 Å². The van der Waals surface area contributed by atoms with Gasteiger partial charge in [0.25, 0.3) is 0 Å². The zero-order chi connectivity index (χ0) is 23.7. The normalized spacial score (nSPS) is 10.8. The number of fused-ring (bicyclic) bond motifs is 1. The van der Waals surface area contributed by atoms with Gasteiger partial charge in [-0.3, -0.25) is 4.98 Å². The van der Waals surface area contributed by atoms with Crippen LogP contribution in [0.4, 0.5) is 11.4 Å². The van der Waals surface area contributed by atoms with Crippen LogP contribution in [0, 0.1) is 11.3 Å². The largest absolute Gasteiger partial charge is 0.495 e. The molecule has 2 heterocycles. The topological polar surface area (TPSA) is 112 Å². The number of nitriles is 1. The maximum Gasteiger partial charge on any atom is 0.204 e. The van der Waals surface area contributed by atoms with Crippen LogP contribution in [-0.2, 0) is 0 Å². The first-order chi connectivity index (χ1) is 16.6. The minimum absolute atomic E-state index is 0.384. The van der Waals surface area contributed by atoms with Gasteiger partial charge in [-0.05, 0) is 28.5 Å². The molecule has 0 atom stereocenters. The zero-order valence-electron chi connectivity index (χ0n) is 17.7. The van der Waals surface area contributed by atoms with Crippen molar-refractivity contribution >= 4 is 45.5 Å². The molecule has 0 fully saturated rings. The molecule has 5 rings (SSSR count). The van der Waals surface area contributed by atoms with Gasteiger partial charge in [0, 0.05) is 23.2 Å². The molecule has 0 bridgehead atoms. The molecule has 0 amide bonds. The average molecular weight is 488 g/mol. The molecule has 3 aromatic carbocycles. The van der Waals surface area contributed by atoms with Crippen LogP contribution < -0.4 is 10.1 Å². The van der Waals surface area contributed by atoms with E-state index in [1.807, 2.05) is 42.5 Å². The number of halogens is 2. The monoisotopic (exact) mass is 487 g/mol. The summed E-state index contributed by atoms with van der Waals surface area (Å²) in [6, 6.07) is 19.2. The van der Waals surface area contributed by atoms with E-state index in [0.717, 1.165) is 27.6 Å². The molecule has 0 saturated carbocycles. The predicted octanol–water partition coefficient (Wildman–Crippen LogP) is 6.01. The van der Waals surface area contributed by atoms with Crippen molar-refractivity contribution in [3.05, 3.63) is 76.4 Å². The van der Waals surface area contributed by atoms with Crippen LogP contribution in [-0.4, -0.2) is 32.7 Å². The Morgan fingerprint density at radius 2 is 1.74 bits per heavy atom. The molecule has 34 heavy (non-hydrogen) atoms. The maximum atomic E-state index is 9.68. The van der Waals surface area contributed by atoms with Crippen LogP contribution in [0.5, 0.6) is 5.75 Å². The maximum absolute atomic E-state index is 9.68. The van der Waals surface area contributed by atoms with Crippen LogP contribution in [0.2, 0.25) is 10.0 Å². The predicted molar refractivity (Wildman–Crippen MR) is 131 cm³/mol. The van der Waals surface area contributed by atoms with Gasteiger partial charge in [-0.1, -0.05) is 59.6 Å². The highest BCUT2D eigenvalue weighted by Gasteiger charge is 2.14. The lowest BCUT2D eigenvalue weighted by molar-refractivity contribution is 0.415. The Bertz CT molecular complexity index is 1550. The summed E-state index contributed by atoms with van der Waals surface area (Å²) in [6.07, 6.45) is 1.54. The number of anilines is 2. The van der Waals surface area contributed by atoms with Crippen molar-refractivity contribution in [2.24, 2.45) is 0 Å². The summed E-state index contributed by atoms with van der Waals surface area (Å²) in [5, 5.41) is 28.5. The number of aromatic nitrogens is 5. The number of benzene rings is 3. The Labute approximate surface area is 204 Å². The van der Waals surface area contributed by atoms with Crippen molar-refractivity contribution in [2.75, 3.05) is 12.4 Å². The van der Waals surface area contributed by atoms with Crippen molar-refractivity contribution in [1.82, 2.24) is 25.6 Å². The van der Waals surface area contributed by atoms with Gasteiger partial charge in [-0.25, -0.2) is 0 Å². The van der Waals surface area contributed by atoms with Gasteiger partial charge >= 0.3 is 0 Å². The Hall–Kier alpha value is -4.19. The van der Waals surface area contributed by atoms with Crippen molar-refractivity contribution in [2.45, 2.75) is 0 Å². The zero-order valence-corrected chi connectivity index (χ0v) is 19.2. The number of rotatable bonds is 5. The van der Waals surface area contributed by atoms with E-state index in [9.17, 15) is 5.26 Å². The average Bonchev–Trinajstić information content (AvgIpc) is 3.40. The smallest absolute Gasteiger partial charge is 0.204 e. The molecular weight excluding hydrogens is 473 g/mol. The van der Waals surface area contributed by atoms with E-state index in [2.05, 4.69) is 37.0 Å². The summed E-state index contributed by atoms with van der Waals surface area (Å²) in [7, 11) is 1.53. The Balaban J connectivity index is 1.55. The Kier molecular flexibility index (Phi) is 5.72. The molecule has 0 aliphatic carbocycles. The van der Waals surface area contributed by atoms with Crippen LogP contribution in [0.1, 0.15) is 5.56 Å². The minimum atomic E-state index is 0.384. The molecule has 0 spiro atoms. The number of ether oxygens (including phenoxy) is 1.